The number of thiazole rings is 1. The van der Waals surface area contributed by atoms with Gasteiger partial charge in [0.25, 0.3) is 5.78 Å². The highest BCUT2D eigenvalue weighted by atomic mass is 32.1. The third-order valence-electron chi connectivity index (χ3n) is 6.38. The predicted octanol–water partition coefficient (Wildman–Crippen LogP) is 5.61. The summed E-state index contributed by atoms with van der Waals surface area (Å²) in [6.45, 7) is 6.26. The van der Waals surface area contributed by atoms with E-state index in [1.165, 1.54) is 12.0 Å². The Balaban J connectivity index is 1.86. The molecular formula is C29H30N2O6S. The number of unbranched alkanes of at least 4 members (excludes halogenated alkanes) is 1. The molecule has 1 N–H and O–H groups in total. The van der Waals surface area contributed by atoms with Crippen molar-refractivity contribution >= 4 is 39.9 Å². The molecule has 8 nitrogen and oxygen atoms in total. The maximum atomic E-state index is 13.4. The number of esters is 1. The summed E-state index contributed by atoms with van der Waals surface area (Å²) in [4.78, 5) is 45.0. The topological polar surface area (TPSA) is 106 Å². The van der Waals surface area contributed by atoms with Crippen LogP contribution in [0.1, 0.15) is 64.8 Å². The van der Waals surface area contributed by atoms with E-state index in [0.29, 0.717) is 29.2 Å². The molecule has 1 atom stereocenters. The lowest BCUT2D eigenvalue weighted by molar-refractivity contribution is -0.132. The molecule has 1 amide bonds. The Morgan fingerprint density at radius 2 is 1.87 bits per heavy atom. The second kappa shape index (κ2) is 11.6. The Bertz CT molecular complexity index is 1390. The van der Waals surface area contributed by atoms with E-state index in [2.05, 4.69) is 11.9 Å². The molecule has 0 saturated carbocycles. The Labute approximate surface area is 225 Å². The van der Waals surface area contributed by atoms with Gasteiger partial charge in [-0.15, -0.1) is 0 Å². The molecule has 1 aliphatic heterocycles. The monoisotopic (exact) mass is 534 g/mol. The number of aliphatic hydroxyl groups is 1. The van der Waals surface area contributed by atoms with Crippen LogP contribution in [-0.4, -0.2) is 41.5 Å². The fourth-order valence-electron chi connectivity index (χ4n) is 4.27. The first-order valence-electron chi connectivity index (χ1n) is 12.5. The molecule has 0 bridgehead atoms. The highest BCUT2D eigenvalue weighted by Gasteiger charge is 2.48. The van der Waals surface area contributed by atoms with Crippen LogP contribution in [0.4, 0.5) is 5.13 Å². The SMILES string of the molecule is CCCCOc1cccc(C(O)=C2C(=O)C(=O)N(c3nc(C)c(C(=O)OC)s3)C2c2ccc(CC)cc2)c1. The summed E-state index contributed by atoms with van der Waals surface area (Å²) in [7, 11) is 1.27. The molecule has 1 unspecified atom stereocenters. The average Bonchev–Trinajstić information content (AvgIpc) is 3.44. The Morgan fingerprint density at radius 1 is 1.13 bits per heavy atom. The molecule has 38 heavy (non-hydrogen) atoms. The van der Waals surface area contributed by atoms with Crippen LogP contribution in [0.2, 0.25) is 0 Å². The number of carbonyl (C=O) groups excluding carboxylic acids is 3. The van der Waals surface area contributed by atoms with E-state index >= 15 is 0 Å². The molecule has 9 heteroatoms. The summed E-state index contributed by atoms with van der Waals surface area (Å²) in [6, 6.07) is 13.4. The minimum atomic E-state index is -0.943. The quantitative estimate of drug-likeness (QED) is 0.125. The van der Waals surface area contributed by atoms with Gasteiger partial charge in [0.1, 0.15) is 16.4 Å². The lowest BCUT2D eigenvalue weighted by Gasteiger charge is -2.23. The van der Waals surface area contributed by atoms with Gasteiger partial charge in [0.2, 0.25) is 0 Å². The van der Waals surface area contributed by atoms with Gasteiger partial charge in [0.05, 0.1) is 31.0 Å². The second-order valence-corrected chi connectivity index (χ2v) is 9.87. The van der Waals surface area contributed by atoms with E-state index < -0.39 is 23.7 Å². The van der Waals surface area contributed by atoms with Crippen molar-refractivity contribution in [2.75, 3.05) is 18.6 Å². The van der Waals surface area contributed by atoms with Crippen LogP contribution in [0.15, 0.2) is 54.1 Å². The molecule has 1 saturated heterocycles. The third kappa shape index (κ3) is 5.19. The molecule has 0 spiro atoms. The molecule has 4 rings (SSSR count). The molecule has 198 valence electrons. The zero-order valence-electron chi connectivity index (χ0n) is 21.8. The van der Waals surface area contributed by atoms with Gasteiger partial charge < -0.3 is 14.6 Å². The van der Waals surface area contributed by atoms with Crippen LogP contribution in [0.3, 0.4) is 0 Å². The number of nitrogens with zero attached hydrogens (tertiary/aromatic N) is 2. The van der Waals surface area contributed by atoms with Crippen molar-refractivity contribution in [3.05, 3.63) is 81.4 Å². The Kier molecular flexibility index (Phi) is 8.26. The number of aromatic nitrogens is 1. The highest BCUT2D eigenvalue weighted by molar-refractivity contribution is 7.17. The minimum absolute atomic E-state index is 0.0579. The summed E-state index contributed by atoms with van der Waals surface area (Å²) in [5, 5.41) is 11.6. The van der Waals surface area contributed by atoms with E-state index in [0.717, 1.165) is 36.2 Å². The lowest BCUT2D eigenvalue weighted by Crippen LogP contribution is -2.29. The van der Waals surface area contributed by atoms with Crippen molar-refractivity contribution in [2.45, 2.75) is 46.1 Å². The number of benzene rings is 2. The number of anilines is 1. The molecule has 0 aliphatic carbocycles. The van der Waals surface area contributed by atoms with E-state index in [1.807, 2.05) is 31.2 Å². The second-order valence-electron chi connectivity index (χ2n) is 8.90. The van der Waals surface area contributed by atoms with E-state index in [1.54, 1.807) is 31.2 Å². The standard InChI is InChI=1S/C29H30N2O6S/c1-5-7-15-37-21-10-8-9-20(16-21)24(32)22-23(19-13-11-18(6-2)12-14-19)31(27(34)25(22)33)29-30-17(3)26(38-29)28(35)36-4/h8-14,16,23,32H,5-7,15H2,1-4H3. The Morgan fingerprint density at radius 3 is 2.53 bits per heavy atom. The maximum absolute atomic E-state index is 13.4. The van der Waals surface area contributed by atoms with E-state index in [4.69, 9.17) is 9.47 Å². The van der Waals surface area contributed by atoms with Crippen LogP contribution in [0.25, 0.3) is 5.76 Å². The smallest absolute Gasteiger partial charge is 0.350 e. The van der Waals surface area contributed by atoms with Crippen LogP contribution in [0, 0.1) is 6.92 Å². The third-order valence-corrected chi connectivity index (χ3v) is 7.52. The number of aliphatic hydroxyl groups excluding tert-OH is 1. The molecular weight excluding hydrogens is 504 g/mol. The molecule has 2 aromatic carbocycles. The van der Waals surface area contributed by atoms with E-state index in [-0.39, 0.29) is 21.3 Å². The minimum Gasteiger partial charge on any atom is -0.507 e. The zero-order chi connectivity index (χ0) is 27.4. The maximum Gasteiger partial charge on any atom is 0.350 e. The summed E-state index contributed by atoms with van der Waals surface area (Å²) in [6.07, 6.45) is 2.68. The van der Waals surface area contributed by atoms with Gasteiger partial charge in [-0.2, -0.15) is 0 Å². The molecule has 2 heterocycles. The molecule has 1 aromatic heterocycles. The van der Waals surface area contributed by atoms with Crippen molar-refractivity contribution in [3.63, 3.8) is 0 Å². The normalized spacial score (nSPS) is 16.6. The fourth-order valence-corrected chi connectivity index (χ4v) is 5.28. The number of rotatable bonds is 9. The number of hydrogen-bond acceptors (Lipinski definition) is 8. The summed E-state index contributed by atoms with van der Waals surface area (Å²) < 4.78 is 10.6. The largest absolute Gasteiger partial charge is 0.507 e. The number of ether oxygens (including phenoxy) is 2. The summed E-state index contributed by atoms with van der Waals surface area (Å²) in [5.74, 6) is -2.00. The predicted molar refractivity (Wildman–Crippen MR) is 146 cm³/mol. The van der Waals surface area contributed by atoms with Gasteiger partial charge in [0, 0.05) is 5.56 Å². The van der Waals surface area contributed by atoms with Crippen molar-refractivity contribution in [2.24, 2.45) is 0 Å². The zero-order valence-corrected chi connectivity index (χ0v) is 22.6. The van der Waals surface area contributed by atoms with Crippen molar-refractivity contribution in [1.29, 1.82) is 0 Å². The molecule has 1 aliphatic rings. The number of carbonyl (C=O) groups is 3. The van der Waals surface area contributed by atoms with Crippen molar-refractivity contribution in [3.8, 4) is 5.75 Å². The van der Waals surface area contributed by atoms with Gasteiger partial charge in [0.15, 0.2) is 5.13 Å². The highest BCUT2D eigenvalue weighted by Crippen LogP contribution is 2.44. The van der Waals surface area contributed by atoms with E-state index in [9.17, 15) is 19.5 Å². The number of ketones is 1. The molecule has 0 radical (unpaired) electrons. The number of amides is 1. The number of methoxy groups -OCH3 is 1. The summed E-state index contributed by atoms with van der Waals surface area (Å²) in [5.41, 5.74) is 2.40. The van der Waals surface area contributed by atoms with Crippen molar-refractivity contribution < 1.29 is 29.0 Å². The molecule has 3 aromatic rings. The van der Waals surface area contributed by atoms with Crippen LogP contribution >= 0.6 is 11.3 Å². The number of aryl methyl sites for hydroxylation is 2. The first-order chi connectivity index (χ1) is 18.3. The van der Waals surface area contributed by atoms with Gasteiger partial charge >= 0.3 is 11.9 Å². The fraction of sp³-hybridized carbons (Fsp3) is 0.310. The lowest BCUT2D eigenvalue weighted by atomic mass is 9.94. The van der Waals surface area contributed by atoms with Gasteiger partial charge in [-0.1, -0.05) is 68.0 Å². The van der Waals surface area contributed by atoms with Gasteiger partial charge in [-0.3, -0.25) is 14.5 Å². The van der Waals surface area contributed by atoms with Crippen LogP contribution < -0.4 is 9.64 Å². The first kappa shape index (κ1) is 27.1. The number of Topliss-reactive ketones (excluding diaryl/α,β-unsaturated/α-hetero) is 1. The van der Waals surface area contributed by atoms with Crippen LogP contribution in [-0.2, 0) is 20.7 Å². The van der Waals surface area contributed by atoms with Crippen molar-refractivity contribution in [1.82, 2.24) is 4.98 Å². The first-order valence-corrected chi connectivity index (χ1v) is 13.3. The molecule has 1 fully saturated rings. The van der Waals surface area contributed by atoms with Gasteiger partial charge in [-0.05, 0) is 43.0 Å². The number of hydrogen-bond donors (Lipinski definition) is 1. The van der Waals surface area contributed by atoms with Gasteiger partial charge in [-0.25, -0.2) is 9.78 Å². The van der Waals surface area contributed by atoms with Crippen LogP contribution in [0.5, 0.6) is 5.75 Å². The Hall–Kier alpha value is -3.98. The average molecular weight is 535 g/mol. The summed E-state index contributed by atoms with van der Waals surface area (Å²) >= 11 is 0.968.